The maximum Gasteiger partial charge on any atom is 0.350 e. The molecule has 114 valence electrons. The van der Waals surface area contributed by atoms with E-state index in [1.807, 2.05) is 37.3 Å². The lowest BCUT2D eigenvalue weighted by atomic mass is 10.1. The van der Waals surface area contributed by atoms with Gasteiger partial charge in [0.25, 0.3) is 0 Å². The molecule has 0 aliphatic heterocycles. The highest BCUT2D eigenvalue weighted by atomic mass is 16.4. The van der Waals surface area contributed by atoms with Crippen LogP contribution in [0.1, 0.15) is 11.5 Å². The molecule has 0 unspecified atom stereocenters. The van der Waals surface area contributed by atoms with E-state index < -0.39 is 0 Å². The van der Waals surface area contributed by atoms with Gasteiger partial charge in [0.1, 0.15) is 6.54 Å². The van der Waals surface area contributed by atoms with Gasteiger partial charge in [-0.05, 0) is 31.2 Å². The van der Waals surface area contributed by atoms with Crippen LogP contribution in [0.5, 0.6) is 0 Å². The second-order valence-electron chi connectivity index (χ2n) is 5.24. The van der Waals surface area contributed by atoms with Gasteiger partial charge < -0.3 is 4.42 Å². The highest BCUT2D eigenvalue weighted by molar-refractivity contribution is 5.52. The molecular formula is C16H13N5O2. The van der Waals surface area contributed by atoms with Crippen molar-refractivity contribution in [2.45, 2.75) is 13.5 Å². The molecule has 23 heavy (non-hydrogen) atoms. The van der Waals surface area contributed by atoms with Gasteiger partial charge in [-0.2, -0.15) is 0 Å². The molecule has 0 atom stereocenters. The van der Waals surface area contributed by atoms with Crippen LogP contribution in [0.2, 0.25) is 0 Å². The van der Waals surface area contributed by atoms with Crippen LogP contribution in [0.15, 0.2) is 57.9 Å². The quantitative estimate of drug-likeness (QED) is 0.577. The van der Waals surface area contributed by atoms with Crippen molar-refractivity contribution in [1.29, 1.82) is 0 Å². The predicted molar refractivity (Wildman–Crippen MR) is 83.0 cm³/mol. The van der Waals surface area contributed by atoms with Crippen LogP contribution in [0, 0.1) is 6.92 Å². The van der Waals surface area contributed by atoms with Crippen LogP contribution in [0.3, 0.4) is 0 Å². The summed E-state index contributed by atoms with van der Waals surface area (Å²) in [5.74, 6) is 0.767. The molecule has 4 aromatic rings. The van der Waals surface area contributed by atoms with Crippen molar-refractivity contribution in [2.75, 3.05) is 0 Å². The number of rotatable bonds is 3. The Hall–Kier alpha value is -3.22. The molecule has 0 bridgehead atoms. The van der Waals surface area contributed by atoms with Crippen molar-refractivity contribution in [1.82, 2.24) is 24.4 Å². The van der Waals surface area contributed by atoms with E-state index in [1.54, 1.807) is 18.3 Å². The Balaban J connectivity index is 1.65. The molecule has 3 aromatic heterocycles. The Kier molecular flexibility index (Phi) is 3.04. The van der Waals surface area contributed by atoms with Crippen LogP contribution in [-0.4, -0.2) is 24.4 Å². The summed E-state index contributed by atoms with van der Waals surface area (Å²) >= 11 is 0. The van der Waals surface area contributed by atoms with Crippen LogP contribution in [0.25, 0.3) is 17.1 Å². The van der Waals surface area contributed by atoms with Gasteiger partial charge in [-0.15, -0.1) is 15.3 Å². The first-order valence-corrected chi connectivity index (χ1v) is 7.14. The summed E-state index contributed by atoms with van der Waals surface area (Å²) in [6.07, 6.45) is 1.67. The smallest absolute Gasteiger partial charge is 0.350 e. The largest absolute Gasteiger partial charge is 0.419 e. The lowest BCUT2D eigenvalue weighted by Crippen LogP contribution is -2.21. The highest BCUT2D eigenvalue weighted by Crippen LogP contribution is 2.18. The molecule has 3 heterocycles. The van der Waals surface area contributed by atoms with Gasteiger partial charge in [-0.3, -0.25) is 4.40 Å². The summed E-state index contributed by atoms with van der Waals surface area (Å²) in [4.78, 5) is 12.2. The number of benzene rings is 1. The number of aryl methyl sites for hydroxylation is 1. The zero-order chi connectivity index (χ0) is 15.8. The first-order valence-electron chi connectivity index (χ1n) is 7.14. The Labute approximate surface area is 130 Å². The summed E-state index contributed by atoms with van der Waals surface area (Å²) in [5, 5.41) is 12.3. The van der Waals surface area contributed by atoms with Gasteiger partial charge >= 0.3 is 5.69 Å². The standard InChI is InChI=1S/C16H13N5O2/c1-11-5-7-12(8-6-11)15-18-17-14(23-15)10-21-16(22)20-9-3-2-4-13(20)19-21/h2-9H,10H2,1H3. The number of fused-ring (bicyclic) bond motifs is 1. The van der Waals surface area contributed by atoms with Crippen LogP contribution < -0.4 is 5.69 Å². The summed E-state index contributed by atoms with van der Waals surface area (Å²) < 4.78 is 8.41. The maximum atomic E-state index is 12.2. The third kappa shape index (κ3) is 2.42. The topological polar surface area (TPSA) is 78.2 Å². The van der Waals surface area contributed by atoms with E-state index in [9.17, 15) is 4.79 Å². The van der Waals surface area contributed by atoms with Gasteiger partial charge in [0.05, 0.1) is 0 Å². The van der Waals surface area contributed by atoms with Crippen molar-refractivity contribution in [2.24, 2.45) is 0 Å². The van der Waals surface area contributed by atoms with Crippen LogP contribution >= 0.6 is 0 Å². The summed E-state index contributed by atoms with van der Waals surface area (Å²) in [7, 11) is 0. The molecule has 1 aromatic carbocycles. The average molecular weight is 307 g/mol. The summed E-state index contributed by atoms with van der Waals surface area (Å²) in [6, 6.07) is 13.2. The van der Waals surface area contributed by atoms with Gasteiger partial charge in [0, 0.05) is 11.8 Å². The van der Waals surface area contributed by atoms with Crippen molar-refractivity contribution >= 4 is 5.65 Å². The van der Waals surface area contributed by atoms with Crippen LogP contribution in [-0.2, 0) is 6.54 Å². The predicted octanol–water partition coefficient (Wildman–Crippen LogP) is 1.90. The minimum absolute atomic E-state index is 0.138. The van der Waals surface area contributed by atoms with E-state index in [1.165, 1.54) is 9.08 Å². The third-order valence-electron chi connectivity index (χ3n) is 3.54. The molecule has 0 aliphatic carbocycles. The second-order valence-corrected chi connectivity index (χ2v) is 5.24. The molecule has 7 nitrogen and oxygen atoms in total. The molecule has 0 saturated heterocycles. The van der Waals surface area contributed by atoms with E-state index >= 15 is 0 Å². The van der Waals surface area contributed by atoms with Gasteiger partial charge in [-0.1, -0.05) is 23.8 Å². The lowest BCUT2D eigenvalue weighted by Gasteiger charge is -1.95. The minimum atomic E-state index is -0.240. The van der Waals surface area contributed by atoms with E-state index in [-0.39, 0.29) is 12.2 Å². The lowest BCUT2D eigenvalue weighted by molar-refractivity contribution is 0.469. The molecule has 0 amide bonds. The minimum Gasteiger partial charge on any atom is -0.419 e. The molecule has 0 aliphatic rings. The third-order valence-corrected chi connectivity index (χ3v) is 3.54. The van der Waals surface area contributed by atoms with Crippen molar-refractivity contribution in [3.8, 4) is 11.5 Å². The van der Waals surface area contributed by atoms with Crippen LogP contribution in [0.4, 0.5) is 0 Å². The zero-order valence-electron chi connectivity index (χ0n) is 12.4. The monoisotopic (exact) mass is 307 g/mol. The Morgan fingerprint density at radius 2 is 1.91 bits per heavy atom. The fourth-order valence-electron chi connectivity index (χ4n) is 2.33. The number of nitrogens with zero attached hydrogens (tertiary/aromatic N) is 5. The van der Waals surface area contributed by atoms with Crippen molar-refractivity contribution in [3.05, 3.63) is 70.6 Å². The number of pyridine rings is 1. The SMILES string of the molecule is Cc1ccc(-c2nnc(Cn3nc4ccccn4c3=O)o2)cc1. The zero-order valence-corrected chi connectivity index (χ0v) is 12.4. The first-order chi connectivity index (χ1) is 11.2. The van der Waals surface area contributed by atoms with E-state index in [0.717, 1.165) is 11.1 Å². The number of aromatic nitrogens is 5. The summed E-state index contributed by atoms with van der Waals surface area (Å²) in [6.45, 7) is 2.15. The van der Waals surface area contributed by atoms with E-state index in [0.29, 0.717) is 17.4 Å². The fourth-order valence-corrected chi connectivity index (χ4v) is 2.33. The Morgan fingerprint density at radius 1 is 1.09 bits per heavy atom. The molecule has 0 spiro atoms. The molecule has 4 rings (SSSR count). The van der Waals surface area contributed by atoms with Crippen molar-refractivity contribution in [3.63, 3.8) is 0 Å². The molecular weight excluding hydrogens is 294 g/mol. The van der Waals surface area contributed by atoms with Crippen molar-refractivity contribution < 1.29 is 4.42 Å². The van der Waals surface area contributed by atoms with Gasteiger partial charge in [0.15, 0.2) is 5.65 Å². The number of hydrogen-bond acceptors (Lipinski definition) is 5. The van der Waals surface area contributed by atoms with E-state index in [4.69, 9.17) is 4.42 Å². The Morgan fingerprint density at radius 3 is 2.70 bits per heavy atom. The molecule has 7 heteroatoms. The first kappa shape index (κ1) is 13.4. The Bertz CT molecular complexity index is 1030. The van der Waals surface area contributed by atoms with Gasteiger partial charge in [0.2, 0.25) is 11.8 Å². The molecule has 0 radical (unpaired) electrons. The highest BCUT2D eigenvalue weighted by Gasteiger charge is 2.12. The van der Waals surface area contributed by atoms with Gasteiger partial charge in [-0.25, -0.2) is 9.48 Å². The second kappa shape index (κ2) is 5.20. The molecule has 0 fully saturated rings. The summed E-state index contributed by atoms with van der Waals surface area (Å²) in [5.41, 5.74) is 2.34. The maximum absolute atomic E-state index is 12.2. The average Bonchev–Trinajstić information content (AvgIpc) is 3.15. The molecule has 0 N–H and O–H groups in total. The fraction of sp³-hybridized carbons (Fsp3) is 0.125. The normalized spacial score (nSPS) is 11.2. The molecule has 0 saturated carbocycles. The number of hydrogen-bond donors (Lipinski definition) is 0. The van der Waals surface area contributed by atoms with E-state index in [2.05, 4.69) is 15.3 Å².